The van der Waals surface area contributed by atoms with Gasteiger partial charge < -0.3 is 20.1 Å². The first-order valence-corrected chi connectivity index (χ1v) is 9.78. The van der Waals surface area contributed by atoms with Crippen LogP contribution in [0, 0.1) is 5.82 Å². The zero-order chi connectivity index (χ0) is 17.7. The number of benzene rings is 1. The van der Waals surface area contributed by atoms with Crippen molar-refractivity contribution in [3.8, 4) is 0 Å². The summed E-state index contributed by atoms with van der Waals surface area (Å²) in [5.74, 6) is 1.60. The van der Waals surface area contributed by atoms with Crippen LogP contribution in [0.25, 0.3) is 0 Å². The molecule has 0 saturated carbocycles. The lowest BCUT2D eigenvalue weighted by Gasteiger charge is -2.13. The largest absolute Gasteiger partial charge is 0.379 e. The van der Waals surface area contributed by atoms with Gasteiger partial charge in [0, 0.05) is 38.2 Å². The number of ether oxygens (including phenoxy) is 2. The highest BCUT2D eigenvalue weighted by Crippen LogP contribution is 2.18. The van der Waals surface area contributed by atoms with Crippen LogP contribution in [0.5, 0.6) is 0 Å². The Bertz CT molecular complexity index is 508. The summed E-state index contributed by atoms with van der Waals surface area (Å²) in [7, 11) is 1.77. The molecule has 5 nitrogen and oxygen atoms in total. The Morgan fingerprint density at radius 2 is 2.04 bits per heavy atom. The number of rotatable bonds is 10. The molecule has 1 atom stereocenters. The number of halogens is 1. The summed E-state index contributed by atoms with van der Waals surface area (Å²) >= 11 is 1.73. The van der Waals surface area contributed by atoms with E-state index in [9.17, 15) is 4.39 Å². The van der Waals surface area contributed by atoms with Gasteiger partial charge in [0.2, 0.25) is 0 Å². The van der Waals surface area contributed by atoms with Crippen LogP contribution in [0.1, 0.15) is 19.3 Å². The van der Waals surface area contributed by atoms with Crippen LogP contribution in [-0.2, 0) is 9.47 Å². The van der Waals surface area contributed by atoms with Crippen molar-refractivity contribution in [2.24, 2.45) is 4.99 Å². The second-order valence-electron chi connectivity index (χ2n) is 5.79. The molecule has 0 amide bonds. The first kappa shape index (κ1) is 20.0. The van der Waals surface area contributed by atoms with Crippen molar-refractivity contribution in [1.29, 1.82) is 0 Å². The van der Waals surface area contributed by atoms with Gasteiger partial charge >= 0.3 is 0 Å². The highest BCUT2D eigenvalue weighted by molar-refractivity contribution is 7.99. The first-order valence-electron chi connectivity index (χ1n) is 8.80. The average molecular weight is 370 g/mol. The number of nitrogens with one attached hydrogen (secondary N) is 2. The van der Waals surface area contributed by atoms with E-state index in [1.807, 2.05) is 12.1 Å². The van der Waals surface area contributed by atoms with Gasteiger partial charge in [-0.15, -0.1) is 11.8 Å². The van der Waals surface area contributed by atoms with Crippen LogP contribution in [-0.4, -0.2) is 57.8 Å². The standard InChI is InChI=1S/C18H28FN3O2S/c1-20-18(21-9-2-11-24-16-8-12-23-14-16)22-10-3-13-25-17-6-4-15(19)5-7-17/h4-7,16H,2-3,8-14H2,1H3,(H2,20,21,22). The fraction of sp³-hybridized carbons (Fsp3) is 0.611. The zero-order valence-corrected chi connectivity index (χ0v) is 15.6. The Morgan fingerprint density at radius 3 is 2.72 bits per heavy atom. The Hall–Kier alpha value is -1.31. The number of thioether (sulfide) groups is 1. The highest BCUT2D eigenvalue weighted by atomic mass is 32.2. The molecular formula is C18H28FN3O2S. The number of nitrogens with zero attached hydrogens (tertiary/aromatic N) is 1. The molecule has 7 heteroatoms. The van der Waals surface area contributed by atoms with Crippen LogP contribution >= 0.6 is 11.8 Å². The second-order valence-corrected chi connectivity index (χ2v) is 6.96. The van der Waals surface area contributed by atoms with Gasteiger partial charge in [0.1, 0.15) is 5.82 Å². The predicted molar refractivity (Wildman–Crippen MR) is 101 cm³/mol. The predicted octanol–water partition coefficient (Wildman–Crippen LogP) is 2.67. The van der Waals surface area contributed by atoms with Crippen molar-refractivity contribution in [1.82, 2.24) is 10.6 Å². The minimum atomic E-state index is -0.192. The van der Waals surface area contributed by atoms with Crippen molar-refractivity contribution in [3.05, 3.63) is 30.1 Å². The lowest BCUT2D eigenvalue weighted by Crippen LogP contribution is -2.38. The van der Waals surface area contributed by atoms with Gasteiger partial charge in [-0.25, -0.2) is 4.39 Å². The van der Waals surface area contributed by atoms with Gasteiger partial charge in [0.05, 0.1) is 12.7 Å². The topological polar surface area (TPSA) is 54.9 Å². The minimum absolute atomic E-state index is 0.192. The van der Waals surface area contributed by atoms with E-state index in [4.69, 9.17) is 9.47 Å². The summed E-state index contributed by atoms with van der Waals surface area (Å²) in [5, 5.41) is 6.59. The fourth-order valence-electron chi connectivity index (χ4n) is 2.39. The molecule has 1 aromatic carbocycles. The smallest absolute Gasteiger partial charge is 0.190 e. The molecule has 1 unspecified atom stereocenters. The van der Waals surface area contributed by atoms with Gasteiger partial charge in [-0.3, -0.25) is 4.99 Å². The third-order valence-corrected chi connectivity index (χ3v) is 4.87. The van der Waals surface area contributed by atoms with E-state index in [1.54, 1.807) is 18.8 Å². The van der Waals surface area contributed by atoms with E-state index < -0.39 is 0 Å². The summed E-state index contributed by atoms with van der Waals surface area (Å²) in [6.07, 6.45) is 3.23. The Balaban J connectivity index is 1.46. The molecule has 0 aromatic heterocycles. The fourth-order valence-corrected chi connectivity index (χ4v) is 3.25. The van der Waals surface area contributed by atoms with Crippen LogP contribution in [0.2, 0.25) is 0 Å². The van der Waals surface area contributed by atoms with Gasteiger partial charge in [0.15, 0.2) is 5.96 Å². The first-order chi connectivity index (χ1) is 12.3. The van der Waals surface area contributed by atoms with E-state index in [0.717, 1.165) is 68.8 Å². The van der Waals surface area contributed by atoms with E-state index in [2.05, 4.69) is 15.6 Å². The number of hydrogen-bond acceptors (Lipinski definition) is 4. The van der Waals surface area contributed by atoms with E-state index >= 15 is 0 Å². The minimum Gasteiger partial charge on any atom is -0.379 e. The molecule has 0 aliphatic carbocycles. The van der Waals surface area contributed by atoms with Crippen LogP contribution in [0.3, 0.4) is 0 Å². The molecule has 1 aliphatic heterocycles. The lowest BCUT2D eigenvalue weighted by molar-refractivity contribution is 0.0420. The van der Waals surface area contributed by atoms with Crippen LogP contribution in [0.15, 0.2) is 34.2 Å². The van der Waals surface area contributed by atoms with Gasteiger partial charge in [-0.1, -0.05) is 0 Å². The maximum absolute atomic E-state index is 12.8. The summed E-state index contributed by atoms with van der Waals surface area (Å²) in [4.78, 5) is 5.31. The molecule has 1 fully saturated rings. The summed E-state index contributed by atoms with van der Waals surface area (Å²) in [6, 6.07) is 6.62. The molecule has 0 radical (unpaired) electrons. The quantitative estimate of drug-likeness (QED) is 0.287. The molecule has 0 spiro atoms. The normalized spacial score (nSPS) is 17.7. The molecule has 1 heterocycles. The Labute approximate surface area is 153 Å². The Kier molecular flexibility index (Phi) is 9.69. The van der Waals surface area contributed by atoms with Gasteiger partial charge in [0.25, 0.3) is 0 Å². The van der Waals surface area contributed by atoms with E-state index in [1.165, 1.54) is 12.1 Å². The molecule has 2 N–H and O–H groups in total. The molecule has 0 bridgehead atoms. The summed E-state index contributed by atoms with van der Waals surface area (Å²) in [6.45, 7) is 3.97. The zero-order valence-electron chi connectivity index (χ0n) is 14.8. The summed E-state index contributed by atoms with van der Waals surface area (Å²) < 4.78 is 23.8. The summed E-state index contributed by atoms with van der Waals surface area (Å²) in [5.41, 5.74) is 0. The molecule has 1 aromatic rings. The van der Waals surface area contributed by atoms with Crippen molar-refractivity contribution >= 4 is 17.7 Å². The van der Waals surface area contributed by atoms with Gasteiger partial charge in [-0.05, 0) is 49.3 Å². The van der Waals surface area contributed by atoms with Crippen molar-refractivity contribution in [2.75, 3.05) is 45.7 Å². The van der Waals surface area contributed by atoms with Crippen molar-refractivity contribution < 1.29 is 13.9 Å². The second kappa shape index (κ2) is 12.1. The maximum Gasteiger partial charge on any atom is 0.190 e. The van der Waals surface area contributed by atoms with Crippen molar-refractivity contribution in [3.63, 3.8) is 0 Å². The third-order valence-electron chi connectivity index (χ3n) is 3.77. The molecule has 2 rings (SSSR count). The molecular weight excluding hydrogens is 341 g/mol. The maximum atomic E-state index is 12.8. The third kappa shape index (κ3) is 8.56. The lowest BCUT2D eigenvalue weighted by atomic mass is 10.3. The van der Waals surface area contributed by atoms with Crippen LogP contribution < -0.4 is 10.6 Å². The number of aliphatic imine (C=N–C) groups is 1. The molecule has 1 aliphatic rings. The average Bonchev–Trinajstić information content (AvgIpc) is 3.14. The molecule has 1 saturated heterocycles. The van der Waals surface area contributed by atoms with E-state index in [0.29, 0.717) is 0 Å². The van der Waals surface area contributed by atoms with Gasteiger partial charge in [-0.2, -0.15) is 0 Å². The monoisotopic (exact) mass is 369 g/mol. The number of guanidine groups is 1. The van der Waals surface area contributed by atoms with Crippen molar-refractivity contribution in [2.45, 2.75) is 30.3 Å². The van der Waals surface area contributed by atoms with E-state index in [-0.39, 0.29) is 11.9 Å². The molecule has 25 heavy (non-hydrogen) atoms. The highest BCUT2D eigenvalue weighted by Gasteiger charge is 2.15. The molecule has 140 valence electrons. The SMILES string of the molecule is CN=C(NCCCOC1CCOC1)NCCCSc1ccc(F)cc1. The van der Waals surface area contributed by atoms with Crippen LogP contribution in [0.4, 0.5) is 4.39 Å². The Morgan fingerprint density at radius 1 is 1.28 bits per heavy atom. The number of hydrogen-bond donors (Lipinski definition) is 2.